The van der Waals surface area contributed by atoms with Crippen LogP contribution in [0.25, 0.3) is 0 Å². The Hall–Kier alpha value is -0.780. The Labute approximate surface area is 111 Å². The number of hydrogen-bond acceptors (Lipinski definition) is 3. The summed E-state index contributed by atoms with van der Waals surface area (Å²) in [5.41, 5.74) is 2.64. The third kappa shape index (κ3) is 4.93. The number of nitrogens with two attached hydrogens (primary N) is 1. The summed E-state index contributed by atoms with van der Waals surface area (Å²) in [5, 5.41) is 0. The van der Waals surface area contributed by atoms with Gasteiger partial charge in [-0.3, -0.25) is 10.4 Å². The number of nitrogens with one attached hydrogen (secondary N) is 1. The Balaban J connectivity index is 2.54. The zero-order valence-electron chi connectivity index (χ0n) is 10.2. The molecule has 0 aliphatic rings. The van der Waals surface area contributed by atoms with Crippen LogP contribution in [0.5, 0.6) is 0 Å². The van der Waals surface area contributed by atoms with Gasteiger partial charge in [-0.25, -0.2) is 5.84 Å². The van der Waals surface area contributed by atoms with E-state index in [1.165, 1.54) is 4.88 Å². The van der Waals surface area contributed by atoms with Gasteiger partial charge in [0.2, 0.25) is 5.96 Å². The number of hydrazine groups is 1. The molecule has 0 amide bonds. The van der Waals surface area contributed by atoms with Crippen LogP contribution in [0.3, 0.4) is 0 Å². The summed E-state index contributed by atoms with van der Waals surface area (Å²) >= 11 is 7.46. The molecular weight excluding hydrogens is 256 g/mol. The van der Waals surface area contributed by atoms with Gasteiger partial charge in [-0.1, -0.05) is 24.9 Å². The van der Waals surface area contributed by atoms with Gasteiger partial charge in [0, 0.05) is 18.5 Å². The molecule has 0 saturated heterocycles. The normalized spacial score (nSPS) is 11.6. The average Bonchev–Trinajstić information content (AvgIpc) is 2.70. The lowest BCUT2D eigenvalue weighted by Crippen LogP contribution is -2.42. The van der Waals surface area contributed by atoms with E-state index in [0.717, 1.165) is 30.3 Å². The Kier molecular flexibility index (Phi) is 6.32. The minimum atomic E-state index is 0.711. The molecule has 1 aromatic heterocycles. The van der Waals surface area contributed by atoms with Crippen molar-refractivity contribution in [2.45, 2.75) is 26.3 Å². The maximum atomic E-state index is 5.89. The molecule has 4 nitrogen and oxygen atoms in total. The summed E-state index contributed by atoms with van der Waals surface area (Å²) in [6.45, 7) is 3.69. The van der Waals surface area contributed by atoms with Crippen molar-refractivity contribution in [1.82, 2.24) is 10.3 Å². The first-order valence-electron chi connectivity index (χ1n) is 5.63. The van der Waals surface area contributed by atoms with E-state index in [1.807, 2.05) is 24.1 Å². The minimum Gasteiger partial charge on any atom is -0.340 e. The molecule has 0 saturated carbocycles. The first-order chi connectivity index (χ1) is 8.17. The summed E-state index contributed by atoms with van der Waals surface area (Å²) in [6, 6.07) is 3.92. The number of guanidine groups is 1. The minimum absolute atomic E-state index is 0.711. The van der Waals surface area contributed by atoms with Crippen LogP contribution in [0, 0.1) is 0 Å². The summed E-state index contributed by atoms with van der Waals surface area (Å²) in [5.74, 6) is 6.18. The molecule has 0 aliphatic carbocycles. The van der Waals surface area contributed by atoms with Crippen LogP contribution in [0.1, 0.15) is 24.6 Å². The van der Waals surface area contributed by atoms with E-state index in [0.29, 0.717) is 5.96 Å². The monoisotopic (exact) mass is 274 g/mol. The van der Waals surface area contributed by atoms with E-state index < -0.39 is 0 Å². The first-order valence-corrected chi connectivity index (χ1v) is 6.83. The lowest BCUT2D eigenvalue weighted by atomic mass is 10.3. The zero-order chi connectivity index (χ0) is 12.7. The molecule has 17 heavy (non-hydrogen) atoms. The fraction of sp³-hybridized carbons (Fsp3) is 0.545. The number of nitrogens with zero attached hydrogens (tertiary/aromatic N) is 2. The smallest absolute Gasteiger partial charge is 0.208 e. The van der Waals surface area contributed by atoms with Crippen molar-refractivity contribution >= 4 is 28.9 Å². The predicted octanol–water partition coefficient (Wildman–Crippen LogP) is 2.45. The van der Waals surface area contributed by atoms with Gasteiger partial charge in [-0.15, -0.1) is 11.3 Å². The molecule has 0 aliphatic heterocycles. The zero-order valence-corrected chi connectivity index (χ0v) is 11.8. The van der Waals surface area contributed by atoms with Gasteiger partial charge in [-0.2, -0.15) is 0 Å². The molecule has 1 rings (SSSR count). The number of hydrogen-bond donors (Lipinski definition) is 2. The van der Waals surface area contributed by atoms with E-state index in [4.69, 9.17) is 17.4 Å². The summed E-state index contributed by atoms with van der Waals surface area (Å²) < 4.78 is 0.804. The highest BCUT2D eigenvalue weighted by Crippen LogP contribution is 2.22. The number of unbranched alkanes of at least 4 members (excludes halogenated alkanes) is 1. The second-order valence-electron chi connectivity index (χ2n) is 3.77. The fourth-order valence-corrected chi connectivity index (χ4v) is 2.51. The lowest BCUT2D eigenvalue weighted by molar-refractivity contribution is 0.481. The second-order valence-corrected chi connectivity index (χ2v) is 5.56. The highest BCUT2D eigenvalue weighted by atomic mass is 35.5. The molecule has 0 spiro atoms. The van der Waals surface area contributed by atoms with Crippen molar-refractivity contribution in [2.75, 3.05) is 13.6 Å². The van der Waals surface area contributed by atoms with E-state index >= 15 is 0 Å². The Morgan fingerprint density at radius 2 is 2.35 bits per heavy atom. The predicted molar refractivity (Wildman–Crippen MR) is 75.3 cm³/mol. The van der Waals surface area contributed by atoms with Crippen LogP contribution in [0.4, 0.5) is 0 Å². The fourth-order valence-electron chi connectivity index (χ4n) is 1.36. The lowest BCUT2D eigenvalue weighted by Gasteiger charge is -2.19. The maximum Gasteiger partial charge on any atom is 0.208 e. The van der Waals surface area contributed by atoms with Crippen LogP contribution in [-0.4, -0.2) is 24.5 Å². The molecule has 0 fully saturated rings. The first kappa shape index (κ1) is 14.3. The SMILES string of the molecule is CCCCN=C(NN)N(C)Cc1ccc(Cl)s1. The van der Waals surface area contributed by atoms with E-state index in [-0.39, 0.29) is 0 Å². The van der Waals surface area contributed by atoms with Crippen LogP contribution in [0.15, 0.2) is 17.1 Å². The summed E-state index contributed by atoms with van der Waals surface area (Å²) in [6.07, 6.45) is 2.20. The number of aliphatic imine (C=N–C) groups is 1. The number of thiophene rings is 1. The van der Waals surface area contributed by atoms with E-state index in [9.17, 15) is 0 Å². The highest BCUT2D eigenvalue weighted by molar-refractivity contribution is 7.16. The Bertz CT molecular complexity index is 364. The quantitative estimate of drug-likeness (QED) is 0.285. The molecule has 0 atom stereocenters. The number of rotatable bonds is 5. The van der Waals surface area contributed by atoms with Gasteiger partial charge in [0.1, 0.15) is 0 Å². The molecule has 0 unspecified atom stereocenters. The molecule has 3 N–H and O–H groups in total. The van der Waals surface area contributed by atoms with Crippen LogP contribution < -0.4 is 11.3 Å². The average molecular weight is 275 g/mol. The van der Waals surface area contributed by atoms with Crippen molar-refractivity contribution < 1.29 is 0 Å². The third-order valence-corrected chi connectivity index (χ3v) is 3.50. The molecule has 96 valence electrons. The molecule has 6 heteroatoms. The second kappa shape index (κ2) is 7.53. The largest absolute Gasteiger partial charge is 0.340 e. The van der Waals surface area contributed by atoms with Gasteiger partial charge in [0.15, 0.2) is 0 Å². The summed E-state index contributed by atoms with van der Waals surface area (Å²) in [4.78, 5) is 7.59. The van der Waals surface area contributed by atoms with Crippen molar-refractivity contribution in [3.63, 3.8) is 0 Å². The van der Waals surface area contributed by atoms with Gasteiger partial charge in [0.05, 0.1) is 10.9 Å². The Morgan fingerprint density at radius 3 is 2.88 bits per heavy atom. The third-order valence-electron chi connectivity index (χ3n) is 2.29. The molecule has 0 aromatic carbocycles. The van der Waals surface area contributed by atoms with Gasteiger partial charge < -0.3 is 4.90 Å². The standard InChI is InChI=1S/C11H19ClN4S/c1-3-4-7-14-11(15-13)16(2)8-9-5-6-10(12)17-9/h5-6H,3-4,7-8,13H2,1-2H3,(H,14,15). The van der Waals surface area contributed by atoms with Crippen molar-refractivity contribution in [3.05, 3.63) is 21.3 Å². The van der Waals surface area contributed by atoms with Crippen LogP contribution in [-0.2, 0) is 6.54 Å². The van der Waals surface area contributed by atoms with E-state index in [2.05, 4.69) is 17.3 Å². The van der Waals surface area contributed by atoms with Crippen LogP contribution >= 0.6 is 22.9 Å². The molecule has 0 radical (unpaired) electrons. The molecule has 0 bridgehead atoms. The Morgan fingerprint density at radius 1 is 1.59 bits per heavy atom. The highest BCUT2D eigenvalue weighted by Gasteiger charge is 2.07. The van der Waals surface area contributed by atoms with Gasteiger partial charge in [-0.05, 0) is 18.6 Å². The van der Waals surface area contributed by atoms with Gasteiger partial charge >= 0.3 is 0 Å². The van der Waals surface area contributed by atoms with Crippen molar-refractivity contribution in [1.29, 1.82) is 0 Å². The van der Waals surface area contributed by atoms with E-state index in [1.54, 1.807) is 11.3 Å². The van der Waals surface area contributed by atoms with Crippen molar-refractivity contribution in [2.24, 2.45) is 10.8 Å². The maximum absolute atomic E-state index is 5.89. The molecule has 1 aromatic rings. The van der Waals surface area contributed by atoms with Gasteiger partial charge in [0.25, 0.3) is 0 Å². The number of halogens is 1. The molecular formula is C11H19ClN4S. The topological polar surface area (TPSA) is 53.6 Å². The molecule has 1 heterocycles. The summed E-state index contributed by atoms with van der Waals surface area (Å²) in [7, 11) is 1.96. The van der Waals surface area contributed by atoms with Crippen LogP contribution in [0.2, 0.25) is 4.34 Å². The van der Waals surface area contributed by atoms with Crippen molar-refractivity contribution in [3.8, 4) is 0 Å².